The number of rotatable bonds is 3. The molecule has 0 fully saturated rings. The van der Waals surface area contributed by atoms with E-state index in [0.717, 1.165) is 21.5 Å². The molecule has 1 heterocycles. The summed E-state index contributed by atoms with van der Waals surface area (Å²) in [5.41, 5.74) is 1.63. The van der Waals surface area contributed by atoms with Gasteiger partial charge < -0.3 is 14.8 Å². The lowest BCUT2D eigenvalue weighted by Gasteiger charge is -2.02. The van der Waals surface area contributed by atoms with Gasteiger partial charge in [-0.15, -0.1) is 0 Å². The van der Waals surface area contributed by atoms with E-state index in [-0.39, 0.29) is 12.7 Å². The number of ether oxygens (including phenoxy) is 2. The number of amides is 1. The van der Waals surface area contributed by atoms with Crippen LogP contribution in [0.15, 0.2) is 53.0 Å². The minimum absolute atomic E-state index is 0.185. The fourth-order valence-corrected chi connectivity index (χ4v) is 2.17. The van der Waals surface area contributed by atoms with Gasteiger partial charge in [-0.25, -0.2) is 0 Å². The number of fused-ring (bicyclic) bond motifs is 1. The van der Waals surface area contributed by atoms with Crippen LogP contribution in [0, 0.1) is 0 Å². The molecule has 1 aliphatic rings. The van der Waals surface area contributed by atoms with E-state index < -0.39 is 0 Å². The van der Waals surface area contributed by atoms with Crippen molar-refractivity contribution >= 4 is 33.6 Å². The second kappa shape index (κ2) is 6.01. The summed E-state index contributed by atoms with van der Waals surface area (Å²) in [4.78, 5) is 11.8. The second-order valence-corrected chi connectivity index (χ2v) is 5.36. The highest BCUT2D eigenvalue weighted by molar-refractivity contribution is 9.10. The molecule has 4 nitrogen and oxygen atoms in total. The summed E-state index contributed by atoms with van der Waals surface area (Å²) in [6.45, 7) is 0.243. The Labute approximate surface area is 130 Å². The van der Waals surface area contributed by atoms with Gasteiger partial charge in [-0.2, -0.15) is 0 Å². The van der Waals surface area contributed by atoms with E-state index in [9.17, 15) is 4.79 Å². The third kappa shape index (κ3) is 3.44. The molecular weight excluding hydrogens is 334 g/mol. The maximum absolute atomic E-state index is 11.8. The highest BCUT2D eigenvalue weighted by atomic mass is 79.9. The molecule has 0 aliphatic carbocycles. The van der Waals surface area contributed by atoms with Crippen molar-refractivity contribution in [1.29, 1.82) is 0 Å². The van der Waals surface area contributed by atoms with Crippen molar-refractivity contribution in [1.82, 2.24) is 0 Å². The van der Waals surface area contributed by atoms with Crippen molar-refractivity contribution in [3.63, 3.8) is 0 Å². The predicted molar refractivity (Wildman–Crippen MR) is 84.4 cm³/mol. The lowest BCUT2D eigenvalue weighted by molar-refractivity contribution is -0.111. The van der Waals surface area contributed by atoms with Crippen LogP contribution in [0.3, 0.4) is 0 Å². The highest BCUT2D eigenvalue weighted by Crippen LogP contribution is 2.32. The van der Waals surface area contributed by atoms with Crippen LogP contribution in [-0.2, 0) is 4.79 Å². The van der Waals surface area contributed by atoms with Crippen LogP contribution in [0.5, 0.6) is 11.5 Å². The normalized spacial score (nSPS) is 12.6. The molecular formula is C16H12BrNO3. The molecule has 2 aromatic rings. The zero-order valence-corrected chi connectivity index (χ0v) is 12.6. The number of carbonyl (C=O) groups excluding carboxylic acids is 1. The Morgan fingerprint density at radius 2 is 1.86 bits per heavy atom. The van der Waals surface area contributed by atoms with Crippen LogP contribution in [0.4, 0.5) is 5.69 Å². The van der Waals surface area contributed by atoms with Gasteiger partial charge in [0.1, 0.15) is 0 Å². The van der Waals surface area contributed by atoms with Gasteiger partial charge >= 0.3 is 0 Å². The Kier molecular flexibility index (Phi) is 3.92. The molecule has 0 unspecified atom stereocenters. The monoisotopic (exact) mass is 345 g/mol. The maximum atomic E-state index is 11.8. The van der Waals surface area contributed by atoms with Crippen LogP contribution >= 0.6 is 15.9 Å². The van der Waals surface area contributed by atoms with Gasteiger partial charge in [-0.05, 0) is 48.0 Å². The average molecular weight is 346 g/mol. The fourth-order valence-electron chi connectivity index (χ4n) is 1.91. The van der Waals surface area contributed by atoms with Gasteiger partial charge in [0.25, 0.3) is 0 Å². The van der Waals surface area contributed by atoms with Gasteiger partial charge in [0, 0.05) is 16.2 Å². The largest absolute Gasteiger partial charge is 0.454 e. The summed E-state index contributed by atoms with van der Waals surface area (Å²) in [5.74, 6) is 1.24. The number of carbonyl (C=O) groups is 1. The fraction of sp³-hybridized carbons (Fsp3) is 0.0625. The maximum Gasteiger partial charge on any atom is 0.248 e. The smallest absolute Gasteiger partial charge is 0.248 e. The summed E-state index contributed by atoms with van der Waals surface area (Å²) in [7, 11) is 0. The van der Waals surface area contributed by atoms with Crippen LogP contribution in [0.1, 0.15) is 5.56 Å². The summed E-state index contributed by atoms with van der Waals surface area (Å²) in [6.07, 6.45) is 3.22. The first-order valence-electron chi connectivity index (χ1n) is 6.35. The van der Waals surface area contributed by atoms with Gasteiger partial charge in [0.05, 0.1) is 0 Å². The standard InChI is InChI=1S/C16H12BrNO3/c17-12-3-5-13(6-4-12)18-16(19)8-2-11-1-7-14-15(9-11)21-10-20-14/h1-9H,10H2,(H,18,19)/b8-2-. The van der Waals surface area contributed by atoms with E-state index in [2.05, 4.69) is 21.2 Å². The van der Waals surface area contributed by atoms with E-state index in [1.165, 1.54) is 6.08 Å². The number of benzene rings is 2. The SMILES string of the molecule is O=C(/C=C\c1ccc2c(c1)OCO2)Nc1ccc(Br)cc1. The molecule has 3 rings (SSSR count). The van der Waals surface area contributed by atoms with Crippen molar-refractivity contribution in [2.24, 2.45) is 0 Å². The Morgan fingerprint density at radius 1 is 1.10 bits per heavy atom. The number of halogens is 1. The molecule has 1 N–H and O–H groups in total. The molecule has 5 heteroatoms. The number of hydrogen-bond donors (Lipinski definition) is 1. The molecule has 0 bridgehead atoms. The molecule has 0 saturated carbocycles. The van der Waals surface area contributed by atoms with Crippen LogP contribution < -0.4 is 14.8 Å². The molecule has 2 aromatic carbocycles. The quantitative estimate of drug-likeness (QED) is 0.860. The molecule has 106 valence electrons. The van der Waals surface area contributed by atoms with E-state index >= 15 is 0 Å². The summed E-state index contributed by atoms with van der Waals surface area (Å²) in [5, 5.41) is 2.79. The summed E-state index contributed by atoms with van der Waals surface area (Å²) >= 11 is 3.35. The topological polar surface area (TPSA) is 47.6 Å². The molecule has 1 aliphatic heterocycles. The van der Waals surface area contributed by atoms with Crippen molar-refractivity contribution in [2.45, 2.75) is 0 Å². The number of hydrogen-bond acceptors (Lipinski definition) is 3. The van der Waals surface area contributed by atoms with Crippen molar-refractivity contribution < 1.29 is 14.3 Å². The van der Waals surface area contributed by atoms with Crippen molar-refractivity contribution in [3.05, 3.63) is 58.6 Å². The minimum atomic E-state index is -0.185. The first-order valence-corrected chi connectivity index (χ1v) is 7.14. The Bertz CT molecular complexity index is 695. The molecule has 0 aromatic heterocycles. The lowest BCUT2D eigenvalue weighted by Crippen LogP contribution is -2.07. The molecule has 0 radical (unpaired) electrons. The minimum Gasteiger partial charge on any atom is -0.454 e. The third-order valence-corrected chi connectivity index (χ3v) is 3.46. The molecule has 1 amide bonds. The number of nitrogens with one attached hydrogen (secondary N) is 1. The Balaban J connectivity index is 1.65. The second-order valence-electron chi connectivity index (χ2n) is 4.44. The Morgan fingerprint density at radius 3 is 2.67 bits per heavy atom. The highest BCUT2D eigenvalue weighted by Gasteiger charge is 2.12. The lowest BCUT2D eigenvalue weighted by atomic mass is 10.2. The summed E-state index contributed by atoms with van der Waals surface area (Å²) < 4.78 is 11.5. The first kappa shape index (κ1) is 13.7. The summed E-state index contributed by atoms with van der Waals surface area (Å²) in [6, 6.07) is 12.9. The van der Waals surface area contributed by atoms with Crippen LogP contribution in [0.25, 0.3) is 6.08 Å². The Hall–Kier alpha value is -2.27. The van der Waals surface area contributed by atoms with Crippen LogP contribution in [0.2, 0.25) is 0 Å². The van der Waals surface area contributed by atoms with Gasteiger partial charge in [0.15, 0.2) is 11.5 Å². The third-order valence-electron chi connectivity index (χ3n) is 2.94. The average Bonchev–Trinajstić information content (AvgIpc) is 2.95. The van der Waals surface area contributed by atoms with E-state index in [1.54, 1.807) is 6.08 Å². The molecule has 0 saturated heterocycles. The van der Waals surface area contributed by atoms with Gasteiger partial charge in [-0.3, -0.25) is 4.79 Å². The van der Waals surface area contributed by atoms with E-state index in [4.69, 9.17) is 9.47 Å². The predicted octanol–water partition coefficient (Wildman–Crippen LogP) is 3.83. The first-order chi connectivity index (χ1) is 10.2. The van der Waals surface area contributed by atoms with Crippen LogP contribution in [-0.4, -0.2) is 12.7 Å². The molecule has 0 spiro atoms. The zero-order valence-electron chi connectivity index (χ0n) is 11.0. The van der Waals surface area contributed by atoms with Crippen molar-refractivity contribution in [3.8, 4) is 11.5 Å². The zero-order chi connectivity index (χ0) is 14.7. The van der Waals surface area contributed by atoms with E-state index in [0.29, 0.717) is 5.75 Å². The van der Waals surface area contributed by atoms with Crippen molar-refractivity contribution in [2.75, 3.05) is 12.1 Å². The molecule has 0 atom stereocenters. The number of anilines is 1. The van der Waals surface area contributed by atoms with Gasteiger partial charge in [-0.1, -0.05) is 22.0 Å². The van der Waals surface area contributed by atoms with E-state index in [1.807, 2.05) is 42.5 Å². The molecule has 21 heavy (non-hydrogen) atoms. The van der Waals surface area contributed by atoms with Gasteiger partial charge in [0.2, 0.25) is 12.7 Å².